The number of anilines is 1. The molecule has 3 amide bonds. The SMILES string of the molecule is CC(C)n1nccc1C(=O)NC(C(=O)Nc1cnn(CC2CCNC2=O)c1)C(C1CC1)C1CC1. The summed E-state index contributed by atoms with van der Waals surface area (Å²) in [6, 6.07) is 1.11. The minimum atomic E-state index is -0.619. The van der Waals surface area contributed by atoms with E-state index >= 15 is 0 Å². The average molecular weight is 468 g/mol. The van der Waals surface area contributed by atoms with Gasteiger partial charge in [0.05, 0.1) is 24.3 Å². The lowest BCUT2D eigenvalue weighted by Crippen LogP contribution is -2.50. The van der Waals surface area contributed by atoms with Crippen molar-refractivity contribution >= 4 is 23.4 Å². The van der Waals surface area contributed by atoms with Crippen LogP contribution < -0.4 is 16.0 Å². The lowest BCUT2D eigenvalue weighted by Gasteiger charge is -2.27. The number of carbonyl (C=O) groups excluding carboxylic acids is 3. The summed E-state index contributed by atoms with van der Waals surface area (Å²) in [4.78, 5) is 38.6. The summed E-state index contributed by atoms with van der Waals surface area (Å²) < 4.78 is 3.37. The molecule has 3 aliphatic rings. The Bertz CT molecular complexity index is 1050. The fourth-order valence-electron chi connectivity index (χ4n) is 5.14. The van der Waals surface area contributed by atoms with Crippen molar-refractivity contribution in [3.63, 3.8) is 0 Å². The fraction of sp³-hybridized carbons (Fsp3) is 0.625. The number of nitrogens with zero attached hydrogens (tertiary/aromatic N) is 4. The van der Waals surface area contributed by atoms with Crippen LogP contribution in [0.5, 0.6) is 0 Å². The fourth-order valence-corrected chi connectivity index (χ4v) is 5.14. The third-order valence-corrected chi connectivity index (χ3v) is 7.15. The number of hydrogen-bond donors (Lipinski definition) is 3. The molecule has 182 valence electrons. The van der Waals surface area contributed by atoms with Gasteiger partial charge in [-0.25, -0.2) is 0 Å². The number of carbonyl (C=O) groups is 3. The lowest BCUT2D eigenvalue weighted by atomic mass is 9.88. The van der Waals surface area contributed by atoms with Crippen LogP contribution in [0.2, 0.25) is 0 Å². The van der Waals surface area contributed by atoms with Crippen molar-refractivity contribution in [3.8, 4) is 0 Å². The van der Waals surface area contributed by atoms with Gasteiger partial charge in [0.25, 0.3) is 5.91 Å². The van der Waals surface area contributed by atoms with Crippen molar-refractivity contribution in [2.75, 3.05) is 11.9 Å². The van der Waals surface area contributed by atoms with Crippen LogP contribution in [0.15, 0.2) is 24.7 Å². The van der Waals surface area contributed by atoms with Gasteiger partial charge in [-0.3, -0.25) is 23.7 Å². The van der Waals surface area contributed by atoms with Gasteiger partial charge < -0.3 is 16.0 Å². The predicted octanol–water partition coefficient (Wildman–Crippen LogP) is 1.97. The molecule has 34 heavy (non-hydrogen) atoms. The number of nitrogens with one attached hydrogen (secondary N) is 3. The standard InChI is InChI=1S/C24H33N7O3/c1-14(2)31-19(8-10-26-31)23(33)29-21(20(15-3-4-15)16-5-6-16)24(34)28-18-11-27-30(13-18)12-17-7-9-25-22(17)32/h8,10-11,13-17,20-21H,3-7,9,12H2,1-2H3,(H,25,32)(H,28,34)(H,29,33). The third-order valence-electron chi connectivity index (χ3n) is 7.15. The van der Waals surface area contributed by atoms with Gasteiger partial charge in [-0.1, -0.05) is 0 Å². The molecule has 2 unspecified atom stereocenters. The average Bonchev–Trinajstić information content (AvgIpc) is 3.68. The van der Waals surface area contributed by atoms with E-state index in [1.54, 1.807) is 34.0 Å². The van der Waals surface area contributed by atoms with E-state index in [1.165, 1.54) is 0 Å². The molecular weight excluding hydrogens is 434 g/mol. The monoisotopic (exact) mass is 467 g/mol. The largest absolute Gasteiger partial charge is 0.356 e. The molecule has 2 aromatic heterocycles. The molecule has 0 radical (unpaired) electrons. The summed E-state index contributed by atoms with van der Waals surface area (Å²) in [6.07, 6.45) is 10.2. The van der Waals surface area contributed by atoms with Crippen molar-refractivity contribution in [1.82, 2.24) is 30.2 Å². The van der Waals surface area contributed by atoms with Crippen molar-refractivity contribution in [3.05, 3.63) is 30.4 Å². The second kappa shape index (κ2) is 9.23. The number of amides is 3. The summed E-state index contributed by atoms with van der Waals surface area (Å²) in [5, 5.41) is 17.4. The molecule has 0 spiro atoms. The van der Waals surface area contributed by atoms with Crippen LogP contribution in [0, 0.1) is 23.7 Å². The topological polar surface area (TPSA) is 123 Å². The Balaban J connectivity index is 1.31. The van der Waals surface area contributed by atoms with Crippen LogP contribution >= 0.6 is 0 Å². The van der Waals surface area contributed by atoms with E-state index in [2.05, 4.69) is 26.1 Å². The molecule has 10 nitrogen and oxygen atoms in total. The van der Waals surface area contributed by atoms with Gasteiger partial charge in [-0.2, -0.15) is 10.2 Å². The lowest BCUT2D eigenvalue weighted by molar-refractivity contribution is -0.123. The van der Waals surface area contributed by atoms with E-state index in [0.29, 0.717) is 36.3 Å². The van der Waals surface area contributed by atoms with Crippen LogP contribution in [0.3, 0.4) is 0 Å². The van der Waals surface area contributed by atoms with Gasteiger partial charge in [0.1, 0.15) is 11.7 Å². The highest BCUT2D eigenvalue weighted by Crippen LogP contribution is 2.50. The van der Waals surface area contributed by atoms with Gasteiger partial charge in [-0.05, 0) is 69.8 Å². The Kier molecular flexibility index (Phi) is 6.14. The first kappa shape index (κ1) is 22.6. The molecule has 2 aromatic rings. The number of hydrogen-bond acceptors (Lipinski definition) is 5. The molecule has 3 fully saturated rings. The first-order chi connectivity index (χ1) is 16.4. The van der Waals surface area contributed by atoms with E-state index in [9.17, 15) is 14.4 Å². The van der Waals surface area contributed by atoms with Gasteiger partial charge in [0, 0.05) is 25.0 Å². The minimum Gasteiger partial charge on any atom is -0.356 e. The molecule has 5 rings (SSSR count). The molecule has 10 heteroatoms. The van der Waals surface area contributed by atoms with E-state index in [1.807, 2.05) is 13.8 Å². The molecule has 0 aromatic carbocycles. The first-order valence-corrected chi connectivity index (χ1v) is 12.4. The molecule has 1 aliphatic heterocycles. The third kappa shape index (κ3) is 4.85. The van der Waals surface area contributed by atoms with Crippen molar-refractivity contribution < 1.29 is 14.4 Å². The van der Waals surface area contributed by atoms with Crippen LogP contribution in [0.4, 0.5) is 5.69 Å². The van der Waals surface area contributed by atoms with Gasteiger partial charge >= 0.3 is 0 Å². The van der Waals surface area contributed by atoms with Crippen molar-refractivity contribution in [1.29, 1.82) is 0 Å². The summed E-state index contributed by atoms with van der Waals surface area (Å²) in [7, 11) is 0. The van der Waals surface area contributed by atoms with E-state index in [4.69, 9.17) is 0 Å². The highest BCUT2D eigenvalue weighted by Gasteiger charge is 2.48. The molecule has 0 bridgehead atoms. The van der Waals surface area contributed by atoms with E-state index < -0.39 is 6.04 Å². The maximum atomic E-state index is 13.5. The zero-order valence-corrected chi connectivity index (χ0v) is 19.7. The predicted molar refractivity (Wildman–Crippen MR) is 125 cm³/mol. The zero-order chi connectivity index (χ0) is 23.8. The van der Waals surface area contributed by atoms with Gasteiger partial charge in [0.15, 0.2) is 0 Å². The first-order valence-electron chi connectivity index (χ1n) is 12.4. The molecular formula is C24H33N7O3. The Hall–Kier alpha value is -3.17. The molecule has 2 atom stereocenters. The zero-order valence-electron chi connectivity index (χ0n) is 19.7. The van der Waals surface area contributed by atoms with Crippen LogP contribution in [0.25, 0.3) is 0 Å². The Labute approximate surface area is 198 Å². The maximum absolute atomic E-state index is 13.5. The normalized spacial score (nSPS) is 21.1. The number of rotatable bonds is 10. The Morgan fingerprint density at radius 2 is 1.88 bits per heavy atom. The van der Waals surface area contributed by atoms with Gasteiger partial charge in [0.2, 0.25) is 11.8 Å². The second-order valence-electron chi connectivity index (χ2n) is 10.2. The highest BCUT2D eigenvalue weighted by atomic mass is 16.2. The minimum absolute atomic E-state index is 0.0403. The van der Waals surface area contributed by atoms with Crippen LogP contribution in [0.1, 0.15) is 62.5 Å². The van der Waals surface area contributed by atoms with Crippen LogP contribution in [-0.2, 0) is 16.1 Å². The summed E-state index contributed by atoms with van der Waals surface area (Å²) >= 11 is 0. The molecule has 2 saturated carbocycles. The van der Waals surface area contributed by atoms with E-state index in [-0.39, 0.29) is 35.6 Å². The van der Waals surface area contributed by atoms with E-state index in [0.717, 1.165) is 32.1 Å². The van der Waals surface area contributed by atoms with Crippen molar-refractivity contribution in [2.24, 2.45) is 23.7 Å². The summed E-state index contributed by atoms with van der Waals surface area (Å²) in [5.74, 6) is 0.532. The summed E-state index contributed by atoms with van der Waals surface area (Å²) in [5.41, 5.74) is 1.03. The summed E-state index contributed by atoms with van der Waals surface area (Å²) in [6.45, 7) is 5.11. The Morgan fingerprint density at radius 3 is 2.50 bits per heavy atom. The Morgan fingerprint density at radius 1 is 1.15 bits per heavy atom. The van der Waals surface area contributed by atoms with Gasteiger partial charge in [-0.15, -0.1) is 0 Å². The molecule has 3 N–H and O–H groups in total. The van der Waals surface area contributed by atoms with Crippen LogP contribution in [-0.4, -0.2) is 49.9 Å². The quantitative estimate of drug-likeness (QED) is 0.493. The molecule has 3 heterocycles. The molecule has 1 saturated heterocycles. The second-order valence-corrected chi connectivity index (χ2v) is 10.2. The number of aromatic nitrogens is 4. The molecule has 2 aliphatic carbocycles. The smallest absolute Gasteiger partial charge is 0.270 e. The maximum Gasteiger partial charge on any atom is 0.270 e. The van der Waals surface area contributed by atoms with Crippen molar-refractivity contribution in [2.45, 2.75) is 64.6 Å². The highest BCUT2D eigenvalue weighted by molar-refractivity contribution is 6.00.